The molecule has 0 saturated carbocycles. The van der Waals surface area contributed by atoms with Gasteiger partial charge in [-0.1, -0.05) is 30.3 Å². The first-order valence-electron chi connectivity index (χ1n) is 8.88. The second-order valence-electron chi connectivity index (χ2n) is 7.09. The van der Waals surface area contributed by atoms with Crippen molar-refractivity contribution in [2.24, 2.45) is 0 Å². The van der Waals surface area contributed by atoms with Gasteiger partial charge in [0, 0.05) is 0 Å². The number of imidazole rings is 1. The summed E-state index contributed by atoms with van der Waals surface area (Å²) in [6.45, 7) is 1.60. The van der Waals surface area contributed by atoms with Crippen LogP contribution in [0, 0.1) is 0 Å². The maximum atomic E-state index is 12.1. The number of aliphatic hydroxyl groups excluding tert-OH is 1. The number of nitrogens with two attached hydrogens (primary N) is 1. The molecule has 0 bridgehead atoms. The molecule has 28 heavy (non-hydrogen) atoms. The number of nitrogen functional groups attached to an aromatic ring is 1. The van der Waals surface area contributed by atoms with E-state index < -0.39 is 36.7 Å². The van der Waals surface area contributed by atoms with Crippen molar-refractivity contribution in [3.63, 3.8) is 0 Å². The van der Waals surface area contributed by atoms with Crippen molar-refractivity contribution in [2.75, 3.05) is 12.3 Å². The van der Waals surface area contributed by atoms with E-state index in [1.54, 1.807) is 4.57 Å². The van der Waals surface area contributed by atoms with Crippen LogP contribution in [0.5, 0.6) is 0 Å². The molecular formula is C17H18BN5O5. The van der Waals surface area contributed by atoms with Gasteiger partial charge in [0.1, 0.15) is 17.8 Å². The van der Waals surface area contributed by atoms with Crippen molar-refractivity contribution >= 4 is 29.7 Å². The molecule has 11 heteroatoms. The highest BCUT2D eigenvalue weighted by atomic mass is 16.7. The van der Waals surface area contributed by atoms with E-state index in [9.17, 15) is 9.90 Å². The predicted octanol–water partition coefficient (Wildman–Crippen LogP) is -0.839. The van der Waals surface area contributed by atoms with Gasteiger partial charge in [-0.25, -0.2) is 4.98 Å². The summed E-state index contributed by atoms with van der Waals surface area (Å²) in [7, 11) is -0.604. The van der Waals surface area contributed by atoms with E-state index in [0.29, 0.717) is 0 Å². The van der Waals surface area contributed by atoms with Crippen LogP contribution in [0.1, 0.15) is 13.2 Å². The molecule has 0 amide bonds. The van der Waals surface area contributed by atoms with Crippen LogP contribution in [-0.4, -0.2) is 56.2 Å². The highest BCUT2D eigenvalue weighted by molar-refractivity contribution is 6.62. The third kappa shape index (κ3) is 2.41. The van der Waals surface area contributed by atoms with Crippen molar-refractivity contribution in [1.29, 1.82) is 0 Å². The first-order chi connectivity index (χ1) is 13.5. The number of ether oxygens (including phenoxy) is 1. The fourth-order valence-electron chi connectivity index (χ4n) is 3.97. The van der Waals surface area contributed by atoms with E-state index in [4.69, 9.17) is 19.8 Å². The second-order valence-corrected chi connectivity index (χ2v) is 7.09. The van der Waals surface area contributed by atoms with Crippen molar-refractivity contribution in [3.05, 3.63) is 47.0 Å². The number of fused-ring (bicyclic) bond motifs is 2. The van der Waals surface area contributed by atoms with Crippen LogP contribution >= 0.6 is 0 Å². The SMILES string of the molecule is C[C@@]12OB(c3ccccc3)O[C@@H]1[C@@H](CO)O[C@H]2n1cnc2c(=O)[nH]c(N)nc21. The standard InChI is InChI=1S/C17H18BN5O5/c1-17-12(27-18(28-17)9-5-3-2-4-6-9)10(7-24)26-15(17)23-8-20-11-13(23)21-16(19)22-14(11)25/h2-6,8,10,12,15,24H,7H2,1H3,(H3,19,21,22,25)/t10-,12-,15-,17-/m1/s1. The van der Waals surface area contributed by atoms with Crippen molar-refractivity contribution in [1.82, 2.24) is 19.5 Å². The fraction of sp³-hybridized carbons (Fsp3) is 0.353. The van der Waals surface area contributed by atoms with E-state index in [1.165, 1.54) is 6.33 Å². The molecule has 0 unspecified atom stereocenters. The molecule has 0 radical (unpaired) electrons. The van der Waals surface area contributed by atoms with Gasteiger partial charge in [0.25, 0.3) is 5.56 Å². The molecule has 10 nitrogen and oxygen atoms in total. The van der Waals surface area contributed by atoms with Crippen LogP contribution in [0.3, 0.4) is 0 Å². The van der Waals surface area contributed by atoms with E-state index in [2.05, 4.69) is 15.0 Å². The zero-order valence-corrected chi connectivity index (χ0v) is 15.0. The Labute approximate surface area is 159 Å². The normalized spacial score (nSPS) is 29.5. The summed E-state index contributed by atoms with van der Waals surface area (Å²) in [5, 5.41) is 9.83. The zero-order chi connectivity index (χ0) is 19.5. The Kier molecular flexibility index (Phi) is 3.81. The lowest BCUT2D eigenvalue weighted by atomic mass is 9.79. The molecule has 3 aromatic rings. The molecule has 0 aliphatic carbocycles. The van der Waals surface area contributed by atoms with E-state index in [1.807, 2.05) is 37.3 Å². The van der Waals surface area contributed by atoms with Crippen LogP contribution in [0.25, 0.3) is 11.2 Å². The first-order valence-corrected chi connectivity index (χ1v) is 8.88. The first kappa shape index (κ1) is 17.4. The molecular weight excluding hydrogens is 365 g/mol. The molecule has 2 saturated heterocycles. The topological polar surface area (TPSA) is 138 Å². The smallest absolute Gasteiger partial charge is 0.398 e. The van der Waals surface area contributed by atoms with E-state index in [-0.39, 0.29) is 23.7 Å². The number of aliphatic hydroxyl groups is 1. The summed E-state index contributed by atoms with van der Waals surface area (Å²) in [4.78, 5) is 22.9. The monoisotopic (exact) mass is 383 g/mol. The maximum absolute atomic E-state index is 12.1. The van der Waals surface area contributed by atoms with E-state index in [0.717, 1.165) is 5.46 Å². The quantitative estimate of drug-likeness (QED) is 0.498. The average Bonchev–Trinajstić information content (AvgIpc) is 3.32. The van der Waals surface area contributed by atoms with Gasteiger partial charge in [0.15, 0.2) is 17.4 Å². The van der Waals surface area contributed by atoms with Crippen LogP contribution in [0.4, 0.5) is 5.95 Å². The Morgan fingerprint density at radius 1 is 1.39 bits per heavy atom. The van der Waals surface area contributed by atoms with Crippen LogP contribution in [0.15, 0.2) is 41.5 Å². The number of anilines is 1. The van der Waals surface area contributed by atoms with Gasteiger partial charge in [-0.2, -0.15) is 4.98 Å². The minimum Gasteiger partial charge on any atom is -0.398 e. The lowest BCUT2D eigenvalue weighted by Gasteiger charge is -2.29. The van der Waals surface area contributed by atoms with Gasteiger partial charge >= 0.3 is 7.12 Å². The minimum absolute atomic E-state index is 0.0246. The zero-order valence-electron chi connectivity index (χ0n) is 15.0. The largest absolute Gasteiger partial charge is 0.494 e. The summed E-state index contributed by atoms with van der Waals surface area (Å²) < 4.78 is 20.0. The lowest BCUT2D eigenvalue weighted by molar-refractivity contribution is -0.0768. The van der Waals surface area contributed by atoms with Crippen LogP contribution < -0.4 is 16.8 Å². The van der Waals surface area contributed by atoms with Crippen LogP contribution in [-0.2, 0) is 14.0 Å². The van der Waals surface area contributed by atoms with Gasteiger partial charge in [0.2, 0.25) is 5.95 Å². The van der Waals surface area contributed by atoms with Crippen molar-refractivity contribution in [2.45, 2.75) is 31.0 Å². The van der Waals surface area contributed by atoms with Crippen molar-refractivity contribution in [3.8, 4) is 0 Å². The molecule has 144 valence electrons. The lowest BCUT2D eigenvalue weighted by Crippen LogP contribution is -2.42. The Morgan fingerprint density at radius 3 is 2.93 bits per heavy atom. The molecule has 2 aliphatic heterocycles. The minimum atomic E-state index is -0.944. The van der Waals surface area contributed by atoms with Gasteiger partial charge in [-0.3, -0.25) is 14.3 Å². The Morgan fingerprint density at radius 2 is 2.18 bits per heavy atom. The molecule has 1 aromatic carbocycles. The number of hydrogen-bond acceptors (Lipinski definition) is 8. The molecule has 5 rings (SSSR count). The Bertz CT molecular complexity index is 1090. The van der Waals surface area contributed by atoms with Gasteiger partial charge in [-0.15, -0.1) is 0 Å². The Hall–Kier alpha value is -2.73. The number of aromatic amines is 1. The number of hydrogen-bond donors (Lipinski definition) is 3. The summed E-state index contributed by atoms with van der Waals surface area (Å²) in [6, 6.07) is 9.53. The van der Waals surface area contributed by atoms with Gasteiger partial charge < -0.3 is 24.9 Å². The summed E-state index contributed by atoms with van der Waals surface area (Å²) >= 11 is 0. The highest BCUT2D eigenvalue weighted by Gasteiger charge is 2.63. The number of H-pyrrole nitrogens is 1. The third-order valence-corrected chi connectivity index (χ3v) is 5.28. The molecule has 2 fully saturated rings. The van der Waals surface area contributed by atoms with E-state index >= 15 is 0 Å². The number of benzene rings is 1. The predicted molar refractivity (Wildman–Crippen MR) is 99.7 cm³/mol. The third-order valence-electron chi connectivity index (χ3n) is 5.28. The Balaban J connectivity index is 1.59. The molecule has 4 N–H and O–H groups in total. The van der Waals surface area contributed by atoms with Crippen molar-refractivity contribution < 1.29 is 19.2 Å². The van der Waals surface area contributed by atoms with Gasteiger partial charge in [-0.05, 0) is 12.4 Å². The molecule has 0 spiro atoms. The summed E-state index contributed by atoms with van der Waals surface area (Å²) in [5.41, 5.74) is 5.60. The highest BCUT2D eigenvalue weighted by Crippen LogP contribution is 2.47. The maximum Gasteiger partial charge on any atom is 0.494 e. The molecule has 4 heterocycles. The number of rotatable bonds is 3. The van der Waals surface area contributed by atoms with Crippen LogP contribution in [0.2, 0.25) is 0 Å². The fourth-order valence-corrected chi connectivity index (χ4v) is 3.97. The summed E-state index contributed by atoms with van der Waals surface area (Å²) in [6.07, 6.45) is -0.398. The average molecular weight is 383 g/mol. The molecule has 4 atom stereocenters. The second kappa shape index (κ2) is 6.14. The number of nitrogens with one attached hydrogen (secondary N) is 1. The number of nitrogens with zero attached hydrogens (tertiary/aromatic N) is 3. The summed E-state index contributed by atoms with van der Waals surface area (Å²) in [5.74, 6) is -0.0246. The molecule has 2 aromatic heterocycles. The number of aromatic nitrogens is 4. The molecule has 2 aliphatic rings. The van der Waals surface area contributed by atoms with Gasteiger partial charge in [0.05, 0.1) is 12.9 Å².